The Bertz CT molecular complexity index is 673. The summed E-state index contributed by atoms with van der Waals surface area (Å²) in [5.41, 5.74) is 2.45. The lowest BCUT2D eigenvalue weighted by Gasteiger charge is -1.96. The van der Waals surface area contributed by atoms with Crippen LogP contribution >= 0.6 is 22.9 Å². The molecular formula is C13H9ClN2S. The summed E-state index contributed by atoms with van der Waals surface area (Å²) >= 11 is 7.67. The van der Waals surface area contributed by atoms with Gasteiger partial charge in [0.2, 0.25) is 0 Å². The summed E-state index contributed by atoms with van der Waals surface area (Å²) in [5.74, 6) is 0. The average molecular weight is 261 g/mol. The topological polar surface area (TPSA) is 25.8 Å². The Labute approximate surface area is 108 Å². The van der Waals surface area contributed by atoms with Gasteiger partial charge in [-0.3, -0.25) is 0 Å². The molecule has 0 spiro atoms. The number of rotatable bonds is 1. The van der Waals surface area contributed by atoms with Crippen LogP contribution in [0.1, 0.15) is 5.56 Å². The molecule has 2 nitrogen and oxygen atoms in total. The molecule has 3 rings (SSSR count). The predicted octanol–water partition coefficient (Wildman–Crippen LogP) is 4.32. The van der Waals surface area contributed by atoms with Gasteiger partial charge in [0.15, 0.2) is 0 Å². The summed E-state index contributed by atoms with van der Waals surface area (Å²) in [4.78, 5) is 10.3. The van der Waals surface area contributed by atoms with Gasteiger partial charge in [0.1, 0.15) is 16.3 Å². The number of aryl methyl sites for hydroxylation is 1. The third-order valence-corrected chi connectivity index (χ3v) is 4.01. The Morgan fingerprint density at radius 3 is 2.59 bits per heavy atom. The molecule has 84 valence electrons. The zero-order chi connectivity index (χ0) is 11.8. The highest BCUT2D eigenvalue weighted by Crippen LogP contribution is 2.34. The molecule has 17 heavy (non-hydrogen) atoms. The molecule has 0 aliphatic rings. The van der Waals surface area contributed by atoms with Gasteiger partial charge >= 0.3 is 0 Å². The number of fused-ring (bicyclic) bond motifs is 1. The molecule has 0 aliphatic carbocycles. The van der Waals surface area contributed by atoms with E-state index in [0.29, 0.717) is 5.15 Å². The largest absolute Gasteiger partial charge is 0.225 e. The minimum Gasteiger partial charge on any atom is -0.225 e. The van der Waals surface area contributed by atoms with E-state index >= 15 is 0 Å². The second kappa shape index (κ2) is 4.09. The summed E-state index contributed by atoms with van der Waals surface area (Å²) in [5, 5.41) is 1.44. The van der Waals surface area contributed by atoms with E-state index < -0.39 is 0 Å². The van der Waals surface area contributed by atoms with Crippen LogP contribution in [0.3, 0.4) is 0 Å². The van der Waals surface area contributed by atoms with Gasteiger partial charge in [-0.15, -0.1) is 11.3 Å². The number of thiophene rings is 1. The van der Waals surface area contributed by atoms with Crippen LogP contribution in [0.5, 0.6) is 0 Å². The summed E-state index contributed by atoms with van der Waals surface area (Å²) in [6, 6.07) is 10.5. The number of halogens is 1. The maximum atomic E-state index is 6.04. The van der Waals surface area contributed by atoms with Crippen molar-refractivity contribution in [3.05, 3.63) is 47.4 Å². The molecule has 2 heterocycles. The van der Waals surface area contributed by atoms with E-state index in [2.05, 4.69) is 41.2 Å². The van der Waals surface area contributed by atoms with Crippen LogP contribution in [0.15, 0.2) is 36.7 Å². The van der Waals surface area contributed by atoms with Gasteiger partial charge in [-0.05, 0) is 18.6 Å². The zero-order valence-corrected chi connectivity index (χ0v) is 10.7. The molecule has 0 fully saturated rings. The molecule has 0 atom stereocenters. The molecule has 1 aromatic carbocycles. The van der Waals surface area contributed by atoms with Crippen molar-refractivity contribution in [2.45, 2.75) is 6.92 Å². The Hall–Kier alpha value is -1.45. The molecule has 3 aromatic rings. The van der Waals surface area contributed by atoms with Gasteiger partial charge in [0, 0.05) is 10.3 Å². The third kappa shape index (κ3) is 1.92. The van der Waals surface area contributed by atoms with E-state index in [9.17, 15) is 0 Å². The van der Waals surface area contributed by atoms with Crippen molar-refractivity contribution in [1.29, 1.82) is 0 Å². The normalized spacial score (nSPS) is 10.9. The molecular weight excluding hydrogens is 252 g/mol. The fraction of sp³-hybridized carbons (Fsp3) is 0.0769. The number of benzene rings is 1. The number of hydrogen-bond donors (Lipinski definition) is 0. The monoisotopic (exact) mass is 260 g/mol. The minimum atomic E-state index is 0.518. The lowest BCUT2D eigenvalue weighted by Crippen LogP contribution is -1.76. The van der Waals surface area contributed by atoms with E-state index in [0.717, 1.165) is 10.2 Å². The highest BCUT2D eigenvalue weighted by Gasteiger charge is 2.08. The first-order chi connectivity index (χ1) is 8.24. The number of hydrogen-bond acceptors (Lipinski definition) is 3. The minimum absolute atomic E-state index is 0.518. The molecule has 0 amide bonds. The summed E-state index contributed by atoms with van der Waals surface area (Å²) < 4.78 is 0. The van der Waals surface area contributed by atoms with Crippen molar-refractivity contribution in [3.8, 4) is 10.4 Å². The van der Waals surface area contributed by atoms with E-state index in [1.807, 2.05) is 6.07 Å². The Balaban J connectivity index is 2.18. The first-order valence-electron chi connectivity index (χ1n) is 5.21. The molecule has 0 radical (unpaired) electrons. The SMILES string of the molecule is Cc1ccc(-c2cc3c(Cl)ncnc3s2)cc1. The van der Waals surface area contributed by atoms with Gasteiger partial charge in [-0.2, -0.15) is 0 Å². The third-order valence-electron chi connectivity index (χ3n) is 2.62. The lowest BCUT2D eigenvalue weighted by molar-refractivity contribution is 1.23. The van der Waals surface area contributed by atoms with Crippen molar-refractivity contribution in [3.63, 3.8) is 0 Å². The van der Waals surface area contributed by atoms with Crippen LogP contribution in [0, 0.1) is 6.92 Å². The quantitative estimate of drug-likeness (QED) is 0.609. The second-order valence-electron chi connectivity index (χ2n) is 3.86. The molecule has 0 bridgehead atoms. The van der Waals surface area contributed by atoms with Crippen LogP contribution in [-0.4, -0.2) is 9.97 Å². The van der Waals surface area contributed by atoms with Crippen molar-refractivity contribution >= 4 is 33.2 Å². The van der Waals surface area contributed by atoms with Crippen LogP contribution in [0.4, 0.5) is 0 Å². The van der Waals surface area contributed by atoms with Crippen LogP contribution in [-0.2, 0) is 0 Å². The highest BCUT2D eigenvalue weighted by molar-refractivity contribution is 7.21. The molecule has 2 aromatic heterocycles. The van der Waals surface area contributed by atoms with Crippen molar-refractivity contribution in [2.75, 3.05) is 0 Å². The predicted molar refractivity (Wildman–Crippen MR) is 72.6 cm³/mol. The Kier molecular flexibility index (Phi) is 2.57. The van der Waals surface area contributed by atoms with Gasteiger partial charge in [-0.1, -0.05) is 41.4 Å². The van der Waals surface area contributed by atoms with Gasteiger partial charge in [-0.25, -0.2) is 9.97 Å². The smallest absolute Gasteiger partial charge is 0.141 e. The van der Waals surface area contributed by atoms with E-state index in [1.165, 1.54) is 22.3 Å². The van der Waals surface area contributed by atoms with E-state index in [1.54, 1.807) is 11.3 Å². The molecule has 4 heteroatoms. The van der Waals surface area contributed by atoms with Gasteiger partial charge in [0.05, 0.1) is 0 Å². The van der Waals surface area contributed by atoms with Crippen molar-refractivity contribution in [1.82, 2.24) is 9.97 Å². The van der Waals surface area contributed by atoms with Gasteiger partial charge < -0.3 is 0 Å². The van der Waals surface area contributed by atoms with E-state index in [-0.39, 0.29) is 0 Å². The standard InChI is InChI=1S/C13H9ClN2S/c1-8-2-4-9(5-3-8)11-6-10-12(14)15-7-16-13(10)17-11/h2-7H,1H3. The van der Waals surface area contributed by atoms with Gasteiger partial charge in [0.25, 0.3) is 0 Å². The maximum Gasteiger partial charge on any atom is 0.141 e. The first-order valence-corrected chi connectivity index (χ1v) is 6.40. The van der Waals surface area contributed by atoms with Crippen LogP contribution < -0.4 is 0 Å². The molecule has 0 aliphatic heterocycles. The fourth-order valence-corrected chi connectivity index (χ4v) is 2.93. The fourth-order valence-electron chi connectivity index (χ4n) is 1.69. The molecule has 0 saturated carbocycles. The van der Waals surface area contributed by atoms with Crippen LogP contribution in [0.2, 0.25) is 5.15 Å². The summed E-state index contributed by atoms with van der Waals surface area (Å²) in [6.45, 7) is 2.08. The zero-order valence-electron chi connectivity index (χ0n) is 9.14. The molecule has 0 unspecified atom stereocenters. The van der Waals surface area contributed by atoms with E-state index in [4.69, 9.17) is 11.6 Å². The highest BCUT2D eigenvalue weighted by atomic mass is 35.5. The molecule has 0 saturated heterocycles. The summed E-state index contributed by atoms with van der Waals surface area (Å²) in [6.07, 6.45) is 1.50. The first kappa shape index (κ1) is 10.7. The number of aromatic nitrogens is 2. The van der Waals surface area contributed by atoms with Crippen molar-refractivity contribution in [2.24, 2.45) is 0 Å². The Morgan fingerprint density at radius 2 is 1.88 bits per heavy atom. The number of nitrogens with zero attached hydrogens (tertiary/aromatic N) is 2. The van der Waals surface area contributed by atoms with Crippen molar-refractivity contribution < 1.29 is 0 Å². The molecule has 0 N–H and O–H groups in total. The Morgan fingerprint density at radius 1 is 1.12 bits per heavy atom. The maximum absolute atomic E-state index is 6.04. The van der Waals surface area contributed by atoms with Crippen LogP contribution in [0.25, 0.3) is 20.7 Å². The second-order valence-corrected chi connectivity index (χ2v) is 5.25. The average Bonchev–Trinajstić information content (AvgIpc) is 2.75. The summed E-state index contributed by atoms with van der Waals surface area (Å²) in [7, 11) is 0. The lowest BCUT2D eigenvalue weighted by atomic mass is 10.1.